The van der Waals surface area contributed by atoms with Crippen LogP contribution in [0.5, 0.6) is 0 Å². The van der Waals surface area contributed by atoms with Gasteiger partial charge < -0.3 is 20.7 Å². The van der Waals surface area contributed by atoms with Crippen LogP contribution in [0.25, 0.3) is 0 Å². The first kappa shape index (κ1) is 14.7. The minimum atomic E-state index is -1.53. The lowest BCUT2D eigenvalue weighted by Crippen LogP contribution is -2.23. The van der Waals surface area contributed by atoms with Gasteiger partial charge in [-0.1, -0.05) is 11.6 Å². The summed E-state index contributed by atoms with van der Waals surface area (Å²) in [4.78, 5) is 11.0. The molecule has 0 aliphatic carbocycles. The van der Waals surface area contributed by atoms with Crippen molar-refractivity contribution in [3.8, 4) is 0 Å². The number of aliphatic hydroxyl groups excluding tert-OH is 2. The van der Waals surface area contributed by atoms with Gasteiger partial charge in [-0.05, 0) is 12.1 Å². The fourth-order valence-corrected chi connectivity index (χ4v) is 1.64. The third-order valence-electron chi connectivity index (χ3n) is 2.41. The zero-order valence-electron chi connectivity index (χ0n) is 9.56. The minimum absolute atomic E-state index is 0.0468. The van der Waals surface area contributed by atoms with Crippen LogP contribution in [0, 0.1) is 5.82 Å². The summed E-state index contributed by atoms with van der Waals surface area (Å²) in [7, 11) is 1.15. The Bertz CT molecular complexity index is 455. The van der Waals surface area contributed by atoms with Crippen LogP contribution in [0.15, 0.2) is 12.1 Å². The molecule has 1 aromatic rings. The number of ether oxygens (including phenoxy) is 1. The van der Waals surface area contributed by atoms with Crippen LogP contribution < -0.4 is 5.73 Å². The van der Waals surface area contributed by atoms with Crippen molar-refractivity contribution in [1.82, 2.24) is 0 Å². The number of hydrogen-bond acceptors (Lipinski definition) is 5. The van der Waals surface area contributed by atoms with Crippen LogP contribution in [-0.2, 0) is 9.53 Å². The largest absolute Gasteiger partial charge is 0.469 e. The van der Waals surface area contributed by atoms with Crippen molar-refractivity contribution in [1.29, 1.82) is 0 Å². The van der Waals surface area contributed by atoms with Crippen LogP contribution in [0.3, 0.4) is 0 Å². The first-order chi connectivity index (χ1) is 8.36. The Morgan fingerprint density at radius 3 is 2.72 bits per heavy atom. The van der Waals surface area contributed by atoms with E-state index in [2.05, 4.69) is 4.74 Å². The summed E-state index contributed by atoms with van der Waals surface area (Å²) in [5.41, 5.74) is 5.45. The van der Waals surface area contributed by atoms with Crippen molar-refractivity contribution in [2.24, 2.45) is 0 Å². The molecular formula is C11H13ClFNO4. The van der Waals surface area contributed by atoms with Gasteiger partial charge in [-0.2, -0.15) is 0 Å². The SMILES string of the molecule is COC(=O)CC(O)C(O)c1cc(F)cc(Cl)c1N. The molecule has 1 rings (SSSR count). The third kappa shape index (κ3) is 3.32. The van der Waals surface area contributed by atoms with Crippen molar-refractivity contribution in [3.05, 3.63) is 28.5 Å². The number of halogens is 2. The second-order valence-electron chi connectivity index (χ2n) is 3.68. The maximum absolute atomic E-state index is 13.1. The van der Waals surface area contributed by atoms with E-state index >= 15 is 0 Å². The number of anilines is 1. The maximum atomic E-state index is 13.1. The summed E-state index contributed by atoms with van der Waals surface area (Å²) < 4.78 is 17.5. The lowest BCUT2D eigenvalue weighted by Gasteiger charge is -2.19. The van der Waals surface area contributed by atoms with E-state index in [9.17, 15) is 19.4 Å². The zero-order chi connectivity index (χ0) is 13.9. The monoisotopic (exact) mass is 277 g/mol. The Balaban J connectivity index is 2.96. The van der Waals surface area contributed by atoms with Crippen LogP contribution in [-0.4, -0.2) is 29.4 Å². The maximum Gasteiger partial charge on any atom is 0.308 e. The lowest BCUT2D eigenvalue weighted by atomic mass is 10.0. The summed E-state index contributed by atoms with van der Waals surface area (Å²) in [5.74, 6) is -1.41. The number of benzene rings is 1. The average Bonchev–Trinajstić information content (AvgIpc) is 2.32. The van der Waals surface area contributed by atoms with Gasteiger partial charge in [0.2, 0.25) is 0 Å². The lowest BCUT2D eigenvalue weighted by molar-refractivity contribution is -0.144. The molecule has 0 radical (unpaired) electrons. The molecule has 0 heterocycles. The number of hydrogen-bond donors (Lipinski definition) is 3. The van der Waals surface area contributed by atoms with Crippen molar-refractivity contribution < 1.29 is 24.1 Å². The van der Waals surface area contributed by atoms with Crippen LogP contribution in [0.1, 0.15) is 18.1 Å². The molecule has 2 unspecified atom stereocenters. The van der Waals surface area contributed by atoms with E-state index in [0.717, 1.165) is 19.2 Å². The molecular weight excluding hydrogens is 265 g/mol. The highest BCUT2D eigenvalue weighted by Crippen LogP contribution is 2.31. The van der Waals surface area contributed by atoms with Gasteiger partial charge in [-0.3, -0.25) is 4.79 Å². The van der Waals surface area contributed by atoms with Crippen LogP contribution in [0.2, 0.25) is 5.02 Å². The fourth-order valence-electron chi connectivity index (χ4n) is 1.42. The molecule has 0 amide bonds. The molecule has 0 fully saturated rings. The molecule has 0 aliphatic heterocycles. The van der Waals surface area contributed by atoms with Crippen LogP contribution in [0.4, 0.5) is 10.1 Å². The molecule has 0 saturated carbocycles. The molecule has 0 aromatic heterocycles. The van der Waals surface area contributed by atoms with Gasteiger partial charge in [0.15, 0.2) is 0 Å². The number of nitrogen functional groups attached to an aromatic ring is 1. The smallest absolute Gasteiger partial charge is 0.308 e. The molecule has 7 heteroatoms. The third-order valence-corrected chi connectivity index (χ3v) is 2.73. The van der Waals surface area contributed by atoms with Gasteiger partial charge >= 0.3 is 5.97 Å². The summed E-state index contributed by atoms with van der Waals surface area (Å²) in [6, 6.07) is 1.94. The number of nitrogens with two attached hydrogens (primary N) is 1. The topological polar surface area (TPSA) is 92.8 Å². The molecule has 1 aromatic carbocycles. The normalized spacial score (nSPS) is 14.1. The van der Waals surface area contributed by atoms with Crippen molar-refractivity contribution in [2.75, 3.05) is 12.8 Å². The number of carbonyl (C=O) groups excluding carboxylic acids is 1. The highest BCUT2D eigenvalue weighted by Gasteiger charge is 2.25. The summed E-state index contributed by atoms with van der Waals surface area (Å²) in [6.45, 7) is 0. The quantitative estimate of drug-likeness (QED) is 0.564. The van der Waals surface area contributed by atoms with Gasteiger partial charge in [-0.15, -0.1) is 0 Å². The Labute approximate surface area is 108 Å². The fraction of sp³-hybridized carbons (Fsp3) is 0.364. The van der Waals surface area contributed by atoms with Crippen molar-refractivity contribution in [2.45, 2.75) is 18.6 Å². The van der Waals surface area contributed by atoms with Gasteiger partial charge in [0.1, 0.15) is 11.9 Å². The second-order valence-corrected chi connectivity index (χ2v) is 4.09. The molecule has 0 saturated heterocycles. The first-order valence-corrected chi connectivity index (χ1v) is 5.42. The molecule has 0 bridgehead atoms. The first-order valence-electron chi connectivity index (χ1n) is 5.04. The Kier molecular flexibility index (Phi) is 4.89. The number of aliphatic hydroxyl groups is 2. The molecule has 4 N–H and O–H groups in total. The average molecular weight is 278 g/mol. The zero-order valence-corrected chi connectivity index (χ0v) is 10.3. The molecule has 5 nitrogen and oxygen atoms in total. The van der Waals surface area contributed by atoms with Gasteiger partial charge in [0.25, 0.3) is 0 Å². The summed E-state index contributed by atoms with van der Waals surface area (Å²) in [5, 5.41) is 19.3. The number of rotatable bonds is 4. The van der Waals surface area contributed by atoms with Crippen LogP contribution >= 0.6 is 11.6 Å². The predicted molar refractivity (Wildman–Crippen MR) is 63.4 cm³/mol. The minimum Gasteiger partial charge on any atom is -0.469 e. The van der Waals surface area contributed by atoms with E-state index < -0.39 is 30.4 Å². The van der Waals surface area contributed by atoms with E-state index in [-0.39, 0.29) is 16.3 Å². The van der Waals surface area contributed by atoms with Gasteiger partial charge in [-0.25, -0.2) is 4.39 Å². The van der Waals surface area contributed by atoms with E-state index in [4.69, 9.17) is 17.3 Å². The predicted octanol–water partition coefficient (Wildman–Crippen LogP) is 1.02. The summed E-state index contributed by atoms with van der Waals surface area (Å²) in [6.07, 6.45) is -3.43. The van der Waals surface area contributed by atoms with E-state index in [1.807, 2.05) is 0 Å². The molecule has 0 spiro atoms. The van der Waals surface area contributed by atoms with Gasteiger partial charge in [0.05, 0.1) is 30.3 Å². The number of esters is 1. The number of carbonyl (C=O) groups is 1. The van der Waals surface area contributed by atoms with E-state index in [1.165, 1.54) is 0 Å². The van der Waals surface area contributed by atoms with Gasteiger partial charge in [0, 0.05) is 5.56 Å². The standard InChI is InChI=1S/C11H13ClFNO4/c1-18-9(16)4-8(15)11(17)6-2-5(13)3-7(12)10(6)14/h2-3,8,11,15,17H,4,14H2,1H3. The highest BCUT2D eigenvalue weighted by molar-refractivity contribution is 6.33. The molecule has 2 atom stereocenters. The number of methoxy groups -OCH3 is 1. The Hall–Kier alpha value is -1.37. The Morgan fingerprint density at radius 2 is 2.17 bits per heavy atom. The molecule has 100 valence electrons. The Morgan fingerprint density at radius 1 is 1.56 bits per heavy atom. The highest BCUT2D eigenvalue weighted by atomic mass is 35.5. The van der Waals surface area contributed by atoms with Crippen molar-refractivity contribution >= 4 is 23.3 Å². The summed E-state index contributed by atoms with van der Waals surface area (Å²) >= 11 is 5.65. The second kappa shape index (κ2) is 5.99. The molecule has 18 heavy (non-hydrogen) atoms. The van der Waals surface area contributed by atoms with E-state index in [1.54, 1.807) is 0 Å². The molecule has 0 aliphatic rings. The van der Waals surface area contributed by atoms with Crippen molar-refractivity contribution in [3.63, 3.8) is 0 Å². The van der Waals surface area contributed by atoms with E-state index in [0.29, 0.717) is 0 Å².